The molecule has 0 radical (unpaired) electrons. The number of ether oxygens (including phenoxy) is 5. The fraction of sp³-hybridized carbons (Fsp3) is 0.282. The molecule has 6 nitrogen and oxygen atoms in total. The molecule has 6 rings (SSSR count). The zero-order chi connectivity index (χ0) is 32.3. The van der Waals surface area contributed by atoms with E-state index in [0.29, 0.717) is 36.3 Å². The molecule has 0 aliphatic carbocycles. The first-order valence-corrected chi connectivity index (χ1v) is 17.0. The Morgan fingerprint density at radius 2 is 1.04 bits per heavy atom. The molecule has 0 saturated carbocycles. The highest BCUT2D eigenvalue weighted by molar-refractivity contribution is 7.16. The van der Waals surface area contributed by atoms with E-state index in [1.807, 2.05) is 127 Å². The Bertz CT molecular complexity index is 1620. The van der Waals surface area contributed by atoms with E-state index in [-0.39, 0.29) is 13.2 Å². The van der Waals surface area contributed by atoms with Crippen LogP contribution in [0.2, 0.25) is 4.34 Å². The third-order valence-corrected chi connectivity index (χ3v) is 9.61. The second-order valence-corrected chi connectivity index (χ2v) is 13.2. The highest BCUT2D eigenvalue weighted by Gasteiger charge is 2.49. The van der Waals surface area contributed by atoms with Gasteiger partial charge >= 0.3 is 0 Å². The minimum absolute atomic E-state index is 0.169. The molecular formula is C39H39ClO6S. The monoisotopic (exact) mass is 670 g/mol. The summed E-state index contributed by atoms with van der Waals surface area (Å²) in [6, 6.07) is 42.2. The SMILES string of the molecule is OCc1cc(C2O[C@H](COCc3ccccc3)[C@@H](OCc3ccccc3)[C@@H](OCc3ccccc3)[C@@H]2OCc2ccccc2)sc1Cl. The number of rotatable bonds is 15. The van der Waals surface area contributed by atoms with E-state index in [9.17, 15) is 5.11 Å². The molecule has 1 aliphatic rings. The molecule has 0 bridgehead atoms. The zero-order valence-electron chi connectivity index (χ0n) is 26.0. The van der Waals surface area contributed by atoms with Gasteiger partial charge < -0.3 is 28.8 Å². The maximum Gasteiger partial charge on any atom is 0.121 e. The van der Waals surface area contributed by atoms with Crippen LogP contribution in [0.3, 0.4) is 0 Å². The van der Waals surface area contributed by atoms with Crippen LogP contribution in [0.15, 0.2) is 127 Å². The third kappa shape index (κ3) is 9.16. The molecule has 5 aromatic rings. The number of thiophene rings is 1. The highest BCUT2D eigenvalue weighted by Crippen LogP contribution is 2.43. The fourth-order valence-corrected chi connectivity index (χ4v) is 7.04. The van der Waals surface area contributed by atoms with Crippen molar-refractivity contribution in [1.82, 2.24) is 0 Å². The third-order valence-electron chi connectivity index (χ3n) is 8.11. The lowest BCUT2D eigenvalue weighted by atomic mass is 9.93. The van der Waals surface area contributed by atoms with Crippen LogP contribution in [0.4, 0.5) is 0 Å². The Kier molecular flexibility index (Phi) is 12.2. The summed E-state index contributed by atoms with van der Waals surface area (Å²) >= 11 is 7.96. The quantitative estimate of drug-likeness (QED) is 0.121. The summed E-state index contributed by atoms with van der Waals surface area (Å²) in [6.45, 7) is 1.61. The van der Waals surface area contributed by atoms with Gasteiger partial charge in [-0.2, -0.15) is 0 Å². The first-order chi connectivity index (χ1) is 23.2. The fourth-order valence-electron chi connectivity index (χ4n) is 5.69. The zero-order valence-corrected chi connectivity index (χ0v) is 27.6. The van der Waals surface area contributed by atoms with Gasteiger partial charge in [-0.05, 0) is 28.3 Å². The average Bonchev–Trinajstić information content (AvgIpc) is 3.51. The summed E-state index contributed by atoms with van der Waals surface area (Å²) in [7, 11) is 0. The van der Waals surface area contributed by atoms with Crippen molar-refractivity contribution >= 4 is 22.9 Å². The number of hydrogen-bond acceptors (Lipinski definition) is 7. The molecule has 244 valence electrons. The van der Waals surface area contributed by atoms with Gasteiger partial charge in [0.2, 0.25) is 0 Å². The molecule has 0 amide bonds. The van der Waals surface area contributed by atoms with E-state index in [0.717, 1.165) is 27.1 Å². The van der Waals surface area contributed by atoms with Crippen LogP contribution in [0.5, 0.6) is 0 Å². The Morgan fingerprint density at radius 1 is 0.596 bits per heavy atom. The van der Waals surface area contributed by atoms with Crippen molar-refractivity contribution in [3.63, 3.8) is 0 Å². The van der Waals surface area contributed by atoms with Gasteiger partial charge in [0.05, 0.1) is 44.0 Å². The van der Waals surface area contributed by atoms with Crippen LogP contribution in [0.1, 0.15) is 38.8 Å². The van der Waals surface area contributed by atoms with Gasteiger partial charge in [0.15, 0.2) is 0 Å². The van der Waals surface area contributed by atoms with Crippen LogP contribution in [-0.2, 0) is 56.7 Å². The molecule has 1 unspecified atom stereocenters. The molecule has 0 spiro atoms. The van der Waals surface area contributed by atoms with Crippen LogP contribution < -0.4 is 0 Å². The first-order valence-electron chi connectivity index (χ1n) is 15.8. The Labute approximate surface area is 285 Å². The van der Waals surface area contributed by atoms with Gasteiger partial charge in [0.1, 0.15) is 30.5 Å². The van der Waals surface area contributed by atoms with E-state index >= 15 is 0 Å². The van der Waals surface area contributed by atoms with E-state index in [1.165, 1.54) is 11.3 Å². The summed E-state index contributed by atoms with van der Waals surface area (Å²) in [5.74, 6) is 0. The number of aliphatic hydroxyl groups is 1. The van der Waals surface area contributed by atoms with Gasteiger partial charge in [-0.1, -0.05) is 133 Å². The molecular weight excluding hydrogens is 632 g/mol. The maximum atomic E-state index is 9.99. The number of aliphatic hydroxyl groups excluding tert-OH is 1. The molecule has 47 heavy (non-hydrogen) atoms. The molecule has 1 aliphatic heterocycles. The molecule has 1 N–H and O–H groups in total. The van der Waals surface area contributed by atoms with E-state index < -0.39 is 30.5 Å². The summed E-state index contributed by atoms with van der Waals surface area (Å²) < 4.78 is 34.0. The summed E-state index contributed by atoms with van der Waals surface area (Å²) in [5, 5.41) is 9.99. The van der Waals surface area contributed by atoms with Crippen molar-refractivity contribution in [2.24, 2.45) is 0 Å². The topological polar surface area (TPSA) is 66.4 Å². The maximum absolute atomic E-state index is 9.99. The predicted octanol–water partition coefficient (Wildman–Crippen LogP) is 8.31. The van der Waals surface area contributed by atoms with Crippen molar-refractivity contribution in [1.29, 1.82) is 0 Å². The van der Waals surface area contributed by atoms with Gasteiger partial charge in [-0.25, -0.2) is 0 Å². The van der Waals surface area contributed by atoms with Crippen molar-refractivity contribution in [2.45, 2.75) is 63.6 Å². The molecule has 2 heterocycles. The molecule has 5 atom stereocenters. The van der Waals surface area contributed by atoms with Crippen LogP contribution in [0, 0.1) is 0 Å². The summed E-state index contributed by atoms with van der Waals surface area (Å²) in [6.07, 6.45) is -2.68. The van der Waals surface area contributed by atoms with Crippen molar-refractivity contribution < 1.29 is 28.8 Å². The van der Waals surface area contributed by atoms with E-state index in [1.54, 1.807) is 0 Å². The first kappa shape index (κ1) is 33.5. The van der Waals surface area contributed by atoms with Crippen molar-refractivity contribution in [3.8, 4) is 0 Å². The van der Waals surface area contributed by atoms with Gasteiger partial charge in [-0.3, -0.25) is 0 Å². The average molecular weight is 671 g/mol. The Morgan fingerprint density at radius 3 is 1.51 bits per heavy atom. The second-order valence-electron chi connectivity index (χ2n) is 11.5. The normalized spacial score (nSPS) is 21.1. The Balaban J connectivity index is 1.35. The van der Waals surface area contributed by atoms with Crippen LogP contribution in [0.25, 0.3) is 0 Å². The molecule has 1 fully saturated rings. The molecule has 1 aromatic heterocycles. The Hall–Kier alpha value is -3.37. The van der Waals surface area contributed by atoms with Gasteiger partial charge in [0, 0.05) is 10.4 Å². The van der Waals surface area contributed by atoms with Crippen molar-refractivity contribution in [3.05, 3.63) is 164 Å². The molecule has 8 heteroatoms. The standard InChI is InChI=1S/C39H39ClO6S/c40-39-32(22-41)21-34(47-39)36-38(45-26-31-19-11-4-12-20-31)37(44-25-30-17-9-3-10-18-30)35(43-24-29-15-7-2-8-16-29)33(46-36)27-42-23-28-13-5-1-6-14-28/h1-21,33,35-38,41H,22-27H2/t33-,35-,36?,37-,38-/m1/s1. The minimum atomic E-state index is -0.564. The van der Waals surface area contributed by atoms with Crippen LogP contribution >= 0.6 is 22.9 Å². The van der Waals surface area contributed by atoms with Gasteiger partial charge in [-0.15, -0.1) is 11.3 Å². The predicted molar refractivity (Wildman–Crippen MR) is 184 cm³/mol. The van der Waals surface area contributed by atoms with E-state index in [4.69, 9.17) is 35.3 Å². The lowest BCUT2D eigenvalue weighted by Crippen LogP contribution is -2.58. The smallest absolute Gasteiger partial charge is 0.121 e. The van der Waals surface area contributed by atoms with Crippen molar-refractivity contribution in [2.75, 3.05) is 6.61 Å². The second kappa shape index (κ2) is 17.2. The van der Waals surface area contributed by atoms with E-state index in [2.05, 4.69) is 0 Å². The molecule has 1 saturated heterocycles. The van der Waals surface area contributed by atoms with Crippen LogP contribution in [-0.4, -0.2) is 36.1 Å². The number of hydrogen-bond donors (Lipinski definition) is 1. The number of benzene rings is 4. The summed E-state index contributed by atoms with van der Waals surface area (Å²) in [5.41, 5.74) is 4.83. The molecule has 4 aromatic carbocycles. The lowest BCUT2D eigenvalue weighted by Gasteiger charge is -2.46. The highest BCUT2D eigenvalue weighted by atomic mass is 35.5. The lowest BCUT2D eigenvalue weighted by molar-refractivity contribution is -0.274. The largest absolute Gasteiger partial charge is 0.392 e. The van der Waals surface area contributed by atoms with Gasteiger partial charge in [0.25, 0.3) is 0 Å². The summed E-state index contributed by atoms with van der Waals surface area (Å²) in [4.78, 5) is 0.847. The number of halogens is 1. The minimum Gasteiger partial charge on any atom is -0.392 e.